The Balaban J connectivity index is 1.78. The van der Waals surface area contributed by atoms with Crippen molar-refractivity contribution in [1.29, 1.82) is 0 Å². The molecule has 0 aliphatic carbocycles. The Morgan fingerprint density at radius 3 is 3.00 bits per heavy atom. The lowest BCUT2D eigenvalue weighted by Crippen LogP contribution is -2.39. The number of halogens is 1. The molecule has 5 nitrogen and oxygen atoms in total. The van der Waals surface area contributed by atoms with Gasteiger partial charge in [-0.1, -0.05) is 6.07 Å². The first kappa shape index (κ1) is 13.9. The summed E-state index contributed by atoms with van der Waals surface area (Å²) >= 11 is 0. The summed E-state index contributed by atoms with van der Waals surface area (Å²) < 4.78 is 13.5. The summed E-state index contributed by atoms with van der Waals surface area (Å²) in [5.74, 6) is 0.476. The standard InChI is InChI=1S/C17H15FN4O/c1-10-6-11-2-3-13(18)7-12(11)8-22(10)15-5-4-14-16(21-15)17(23)20-9-19-14/h2-5,7,9-10H,6,8H2,1H3,(H,19,20,23). The molecule has 116 valence electrons. The number of rotatable bonds is 1. The van der Waals surface area contributed by atoms with Crippen molar-refractivity contribution in [1.82, 2.24) is 15.0 Å². The molecule has 4 rings (SSSR count). The maximum Gasteiger partial charge on any atom is 0.277 e. The molecular formula is C17H15FN4O. The second-order valence-corrected chi connectivity index (χ2v) is 5.86. The maximum atomic E-state index is 13.5. The fourth-order valence-electron chi connectivity index (χ4n) is 3.12. The van der Waals surface area contributed by atoms with Crippen LogP contribution in [-0.2, 0) is 13.0 Å². The molecule has 3 aromatic rings. The van der Waals surface area contributed by atoms with E-state index < -0.39 is 0 Å². The molecule has 0 amide bonds. The Hall–Kier alpha value is -2.76. The highest BCUT2D eigenvalue weighted by atomic mass is 19.1. The Morgan fingerprint density at radius 1 is 1.26 bits per heavy atom. The van der Waals surface area contributed by atoms with Gasteiger partial charge in [-0.25, -0.2) is 14.4 Å². The van der Waals surface area contributed by atoms with Crippen LogP contribution in [-0.4, -0.2) is 21.0 Å². The van der Waals surface area contributed by atoms with Crippen LogP contribution in [0.15, 0.2) is 41.5 Å². The topological polar surface area (TPSA) is 61.9 Å². The molecule has 0 bridgehead atoms. The zero-order valence-corrected chi connectivity index (χ0v) is 12.6. The average molecular weight is 310 g/mol. The molecule has 0 saturated heterocycles. The number of benzene rings is 1. The van der Waals surface area contributed by atoms with Gasteiger partial charge in [-0.3, -0.25) is 4.79 Å². The van der Waals surface area contributed by atoms with Crippen molar-refractivity contribution in [2.75, 3.05) is 4.90 Å². The van der Waals surface area contributed by atoms with Crippen LogP contribution < -0.4 is 10.5 Å². The van der Waals surface area contributed by atoms with E-state index in [2.05, 4.69) is 26.8 Å². The number of H-pyrrole nitrogens is 1. The predicted octanol–water partition coefficient (Wildman–Crippen LogP) is 2.41. The van der Waals surface area contributed by atoms with Crippen molar-refractivity contribution in [2.24, 2.45) is 0 Å². The lowest BCUT2D eigenvalue weighted by atomic mass is 9.94. The smallest absolute Gasteiger partial charge is 0.277 e. The SMILES string of the molecule is CC1Cc2ccc(F)cc2CN1c1ccc2nc[nH]c(=O)c2n1. The summed E-state index contributed by atoms with van der Waals surface area (Å²) in [7, 11) is 0. The van der Waals surface area contributed by atoms with Crippen LogP contribution >= 0.6 is 0 Å². The Morgan fingerprint density at radius 2 is 2.13 bits per heavy atom. The third-order valence-electron chi connectivity index (χ3n) is 4.32. The van der Waals surface area contributed by atoms with Crippen LogP contribution in [0.4, 0.5) is 10.2 Å². The second kappa shape index (κ2) is 5.15. The third-order valence-corrected chi connectivity index (χ3v) is 4.32. The monoisotopic (exact) mass is 310 g/mol. The van der Waals surface area contributed by atoms with Crippen molar-refractivity contribution in [3.8, 4) is 0 Å². The van der Waals surface area contributed by atoms with Gasteiger partial charge < -0.3 is 9.88 Å². The minimum atomic E-state index is -0.257. The van der Waals surface area contributed by atoms with Crippen LogP contribution in [0.2, 0.25) is 0 Å². The molecular weight excluding hydrogens is 295 g/mol. The summed E-state index contributed by atoms with van der Waals surface area (Å²) in [4.78, 5) is 25.1. The van der Waals surface area contributed by atoms with E-state index in [1.165, 1.54) is 12.4 Å². The molecule has 1 N–H and O–H groups in total. The Labute approximate surface area is 131 Å². The average Bonchev–Trinajstić information content (AvgIpc) is 2.55. The van der Waals surface area contributed by atoms with Gasteiger partial charge in [-0.2, -0.15) is 0 Å². The zero-order chi connectivity index (χ0) is 16.0. The number of aromatic amines is 1. The molecule has 0 spiro atoms. The number of nitrogens with one attached hydrogen (secondary N) is 1. The minimum Gasteiger partial charge on any atom is -0.349 e. The number of hydrogen-bond acceptors (Lipinski definition) is 4. The molecule has 0 radical (unpaired) electrons. The molecule has 1 aliphatic heterocycles. The molecule has 0 saturated carbocycles. The highest BCUT2D eigenvalue weighted by Gasteiger charge is 2.24. The number of aromatic nitrogens is 3. The number of nitrogens with zero attached hydrogens (tertiary/aromatic N) is 3. The summed E-state index contributed by atoms with van der Waals surface area (Å²) in [6.07, 6.45) is 2.19. The summed E-state index contributed by atoms with van der Waals surface area (Å²) in [5, 5.41) is 0. The third kappa shape index (κ3) is 2.36. The first-order chi connectivity index (χ1) is 11.1. The van der Waals surface area contributed by atoms with Crippen LogP contribution in [0.25, 0.3) is 11.0 Å². The fourth-order valence-corrected chi connectivity index (χ4v) is 3.12. The van der Waals surface area contributed by atoms with Gasteiger partial charge in [0.15, 0.2) is 5.52 Å². The van der Waals surface area contributed by atoms with Crippen LogP contribution in [0.1, 0.15) is 18.1 Å². The van der Waals surface area contributed by atoms with Gasteiger partial charge in [0.05, 0.1) is 11.8 Å². The minimum absolute atomic E-state index is 0.216. The number of fused-ring (bicyclic) bond motifs is 2. The zero-order valence-electron chi connectivity index (χ0n) is 12.6. The molecule has 23 heavy (non-hydrogen) atoms. The van der Waals surface area contributed by atoms with Crippen molar-refractivity contribution in [3.63, 3.8) is 0 Å². The van der Waals surface area contributed by atoms with Crippen LogP contribution in [0, 0.1) is 5.82 Å². The Kier molecular flexibility index (Phi) is 3.11. The van der Waals surface area contributed by atoms with Crippen molar-refractivity contribution in [2.45, 2.75) is 25.9 Å². The van der Waals surface area contributed by atoms with Crippen molar-refractivity contribution >= 4 is 16.9 Å². The molecule has 1 atom stereocenters. The highest BCUT2D eigenvalue weighted by molar-refractivity contribution is 5.75. The van der Waals surface area contributed by atoms with Gasteiger partial charge in [-0.15, -0.1) is 0 Å². The summed E-state index contributed by atoms with van der Waals surface area (Å²) in [6, 6.07) is 8.79. The van der Waals surface area contributed by atoms with E-state index in [0.29, 0.717) is 23.4 Å². The van der Waals surface area contributed by atoms with Gasteiger partial charge in [0, 0.05) is 12.6 Å². The fraction of sp³-hybridized carbons (Fsp3) is 0.235. The van der Waals surface area contributed by atoms with Gasteiger partial charge >= 0.3 is 0 Å². The van der Waals surface area contributed by atoms with Gasteiger partial charge in [-0.05, 0) is 48.7 Å². The predicted molar refractivity (Wildman–Crippen MR) is 85.9 cm³/mol. The van der Waals surface area contributed by atoms with Crippen LogP contribution in [0.3, 0.4) is 0 Å². The molecule has 0 fully saturated rings. The van der Waals surface area contributed by atoms with Gasteiger partial charge in [0.1, 0.15) is 11.6 Å². The molecule has 2 aromatic heterocycles. The summed E-state index contributed by atoms with van der Waals surface area (Å²) in [5.41, 5.74) is 2.75. The first-order valence-corrected chi connectivity index (χ1v) is 7.50. The van der Waals surface area contributed by atoms with E-state index in [4.69, 9.17) is 0 Å². The van der Waals surface area contributed by atoms with Gasteiger partial charge in [0.25, 0.3) is 5.56 Å². The lowest BCUT2D eigenvalue weighted by molar-refractivity contribution is 0.575. The van der Waals surface area contributed by atoms with Gasteiger partial charge in [0.2, 0.25) is 0 Å². The number of anilines is 1. The molecule has 1 aliphatic rings. The molecule has 3 heterocycles. The van der Waals surface area contributed by atoms with Crippen molar-refractivity contribution < 1.29 is 4.39 Å². The second-order valence-electron chi connectivity index (χ2n) is 5.86. The molecule has 1 aromatic carbocycles. The largest absolute Gasteiger partial charge is 0.349 e. The van der Waals surface area contributed by atoms with E-state index in [9.17, 15) is 9.18 Å². The van der Waals surface area contributed by atoms with E-state index in [1.807, 2.05) is 12.1 Å². The van der Waals surface area contributed by atoms with E-state index in [-0.39, 0.29) is 17.4 Å². The first-order valence-electron chi connectivity index (χ1n) is 7.50. The van der Waals surface area contributed by atoms with Crippen LogP contribution in [0.5, 0.6) is 0 Å². The molecule has 1 unspecified atom stereocenters. The maximum absolute atomic E-state index is 13.5. The quantitative estimate of drug-likeness (QED) is 0.750. The number of hydrogen-bond donors (Lipinski definition) is 1. The number of pyridine rings is 1. The Bertz CT molecular complexity index is 953. The normalized spacial score (nSPS) is 17.3. The summed E-state index contributed by atoms with van der Waals surface area (Å²) in [6.45, 7) is 2.68. The van der Waals surface area contributed by atoms with E-state index in [0.717, 1.165) is 17.5 Å². The molecule has 6 heteroatoms. The van der Waals surface area contributed by atoms with Crippen molar-refractivity contribution in [3.05, 3.63) is 64.0 Å². The van der Waals surface area contributed by atoms with E-state index in [1.54, 1.807) is 12.1 Å². The lowest BCUT2D eigenvalue weighted by Gasteiger charge is -2.35. The van der Waals surface area contributed by atoms with E-state index >= 15 is 0 Å². The highest BCUT2D eigenvalue weighted by Crippen LogP contribution is 2.28.